The van der Waals surface area contributed by atoms with Gasteiger partial charge in [0.1, 0.15) is 5.82 Å². The number of anilines is 1. The molecule has 1 unspecified atom stereocenters. The highest BCUT2D eigenvalue weighted by atomic mass is 35.5. The maximum Gasteiger partial charge on any atom is 0.230 e. The van der Waals surface area contributed by atoms with E-state index in [9.17, 15) is 4.79 Å². The van der Waals surface area contributed by atoms with E-state index in [0.29, 0.717) is 18.1 Å². The highest BCUT2D eigenvalue weighted by molar-refractivity contribution is 6.31. The Morgan fingerprint density at radius 3 is 2.55 bits per heavy atom. The minimum Gasteiger partial charge on any atom is -0.311 e. The number of nitrogens with zero attached hydrogens (tertiary/aromatic N) is 4. The van der Waals surface area contributed by atoms with Crippen LogP contribution in [0.3, 0.4) is 0 Å². The van der Waals surface area contributed by atoms with Crippen molar-refractivity contribution in [1.82, 2.24) is 19.6 Å². The molecule has 0 bridgehead atoms. The van der Waals surface area contributed by atoms with Crippen LogP contribution < -0.4 is 5.32 Å². The van der Waals surface area contributed by atoms with Crippen LogP contribution >= 0.6 is 11.6 Å². The summed E-state index contributed by atoms with van der Waals surface area (Å²) in [7, 11) is 0. The number of halogens is 1. The lowest BCUT2D eigenvalue weighted by atomic mass is 10.1. The van der Waals surface area contributed by atoms with Gasteiger partial charge in [0.05, 0.1) is 34.6 Å². The second kappa shape index (κ2) is 6.52. The zero-order chi connectivity index (χ0) is 16.4. The lowest BCUT2D eigenvalue weighted by molar-refractivity contribution is -0.119. The zero-order valence-corrected chi connectivity index (χ0v) is 14.4. The van der Waals surface area contributed by atoms with E-state index in [-0.39, 0.29) is 11.8 Å². The van der Waals surface area contributed by atoms with Gasteiger partial charge in [0.2, 0.25) is 5.91 Å². The molecule has 0 spiro atoms. The minimum atomic E-state index is -0.227. The SMILES string of the molecule is CCn1nc(C)cc1NC(=O)C(C)Cn1nc(C)c(Cl)c1C. The van der Waals surface area contributed by atoms with Gasteiger partial charge in [-0.3, -0.25) is 9.48 Å². The molecule has 7 heteroatoms. The summed E-state index contributed by atoms with van der Waals surface area (Å²) in [5, 5.41) is 12.3. The molecule has 2 rings (SSSR count). The van der Waals surface area contributed by atoms with Crippen molar-refractivity contribution in [2.24, 2.45) is 5.92 Å². The molecule has 1 N–H and O–H groups in total. The highest BCUT2D eigenvalue weighted by Gasteiger charge is 2.18. The highest BCUT2D eigenvalue weighted by Crippen LogP contribution is 2.20. The molecule has 2 aromatic heterocycles. The number of rotatable bonds is 5. The Morgan fingerprint density at radius 1 is 1.32 bits per heavy atom. The van der Waals surface area contributed by atoms with Crippen LogP contribution in [0.5, 0.6) is 0 Å². The first kappa shape index (κ1) is 16.5. The van der Waals surface area contributed by atoms with Crippen molar-refractivity contribution in [1.29, 1.82) is 0 Å². The van der Waals surface area contributed by atoms with Crippen molar-refractivity contribution in [3.63, 3.8) is 0 Å². The molecule has 2 aromatic rings. The van der Waals surface area contributed by atoms with Gasteiger partial charge in [-0.05, 0) is 27.7 Å². The third kappa shape index (κ3) is 3.32. The van der Waals surface area contributed by atoms with Crippen LogP contribution in [0.15, 0.2) is 6.07 Å². The van der Waals surface area contributed by atoms with Gasteiger partial charge in [-0.25, -0.2) is 4.68 Å². The van der Waals surface area contributed by atoms with E-state index >= 15 is 0 Å². The van der Waals surface area contributed by atoms with Gasteiger partial charge >= 0.3 is 0 Å². The molecule has 1 amide bonds. The molecule has 22 heavy (non-hydrogen) atoms. The van der Waals surface area contributed by atoms with E-state index < -0.39 is 0 Å². The second-order valence-electron chi connectivity index (χ2n) is 5.54. The van der Waals surface area contributed by atoms with Gasteiger partial charge in [0, 0.05) is 12.6 Å². The van der Waals surface area contributed by atoms with E-state index in [2.05, 4.69) is 15.5 Å². The first-order valence-electron chi connectivity index (χ1n) is 7.38. The van der Waals surface area contributed by atoms with Crippen molar-refractivity contribution in [3.8, 4) is 0 Å². The maximum atomic E-state index is 12.4. The Hall–Kier alpha value is -1.82. The lowest BCUT2D eigenvalue weighted by Gasteiger charge is -2.14. The topological polar surface area (TPSA) is 64.7 Å². The summed E-state index contributed by atoms with van der Waals surface area (Å²) in [6.07, 6.45) is 0. The fourth-order valence-electron chi connectivity index (χ4n) is 2.33. The average Bonchev–Trinajstić information content (AvgIpc) is 2.94. The first-order valence-corrected chi connectivity index (χ1v) is 7.76. The quantitative estimate of drug-likeness (QED) is 0.920. The third-order valence-electron chi connectivity index (χ3n) is 3.64. The normalized spacial score (nSPS) is 12.5. The number of hydrogen-bond donors (Lipinski definition) is 1. The molecule has 2 heterocycles. The first-order chi connectivity index (χ1) is 10.3. The predicted molar refractivity (Wildman–Crippen MR) is 87.1 cm³/mol. The van der Waals surface area contributed by atoms with Crippen molar-refractivity contribution in [2.45, 2.75) is 47.7 Å². The van der Waals surface area contributed by atoms with E-state index in [0.717, 1.165) is 22.9 Å². The monoisotopic (exact) mass is 323 g/mol. The second-order valence-corrected chi connectivity index (χ2v) is 5.92. The van der Waals surface area contributed by atoms with Crippen LogP contribution in [0, 0.1) is 26.7 Å². The number of nitrogens with one attached hydrogen (secondary N) is 1. The van der Waals surface area contributed by atoms with Crippen molar-refractivity contribution >= 4 is 23.3 Å². The number of aryl methyl sites for hydroxylation is 3. The Balaban J connectivity index is 2.07. The van der Waals surface area contributed by atoms with Crippen molar-refractivity contribution in [2.75, 3.05) is 5.32 Å². The summed E-state index contributed by atoms with van der Waals surface area (Å²) < 4.78 is 3.56. The number of carbonyl (C=O) groups is 1. The molecule has 0 saturated carbocycles. The zero-order valence-electron chi connectivity index (χ0n) is 13.6. The summed E-state index contributed by atoms with van der Waals surface area (Å²) in [4.78, 5) is 12.4. The summed E-state index contributed by atoms with van der Waals surface area (Å²) in [5.74, 6) is 0.441. The van der Waals surface area contributed by atoms with Crippen molar-refractivity contribution < 1.29 is 4.79 Å². The number of carbonyl (C=O) groups excluding carboxylic acids is 1. The van der Waals surface area contributed by atoms with E-state index in [4.69, 9.17) is 11.6 Å². The van der Waals surface area contributed by atoms with E-state index in [1.54, 1.807) is 9.36 Å². The summed E-state index contributed by atoms with van der Waals surface area (Å²) in [6, 6.07) is 1.87. The van der Waals surface area contributed by atoms with Crippen LogP contribution in [0.25, 0.3) is 0 Å². The van der Waals surface area contributed by atoms with Gasteiger partial charge in [0.25, 0.3) is 0 Å². The van der Waals surface area contributed by atoms with Crippen molar-refractivity contribution in [3.05, 3.63) is 28.2 Å². The molecule has 0 aliphatic heterocycles. The Morgan fingerprint density at radius 2 is 2.00 bits per heavy atom. The van der Waals surface area contributed by atoms with Crippen LogP contribution in [0.2, 0.25) is 5.02 Å². The smallest absolute Gasteiger partial charge is 0.230 e. The molecule has 120 valence electrons. The predicted octanol–water partition coefficient (Wildman–Crippen LogP) is 2.95. The Labute approximate surface area is 135 Å². The van der Waals surface area contributed by atoms with Crippen LogP contribution in [-0.4, -0.2) is 25.5 Å². The van der Waals surface area contributed by atoms with Gasteiger partial charge in [0.15, 0.2) is 0 Å². The number of amides is 1. The van der Waals surface area contributed by atoms with Crippen LogP contribution in [0.1, 0.15) is 30.9 Å². The number of aromatic nitrogens is 4. The summed E-state index contributed by atoms with van der Waals surface area (Å²) in [6.45, 7) is 10.7. The largest absolute Gasteiger partial charge is 0.311 e. The summed E-state index contributed by atoms with van der Waals surface area (Å²) in [5.41, 5.74) is 2.55. The van der Waals surface area contributed by atoms with Gasteiger partial charge in [-0.1, -0.05) is 18.5 Å². The molecular weight excluding hydrogens is 302 g/mol. The molecule has 0 radical (unpaired) electrons. The van der Waals surface area contributed by atoms with Gasteiger partial charge in [-0.2, -0.15) is 10.2 Å². The molecule has 1 atom stereocenters. The Bertz CT molecular complexity index is 688. The fraction of sp³-hybridized carbons (Fsp3) is 0.533. The molecular formula is C15H22ClN5O. The van der Waals surface area contributed by atoms with E-state index in [1.807, 2.05) is 40.7 Å². The van der Waals surface area contributed by atoms with Gasteiger partial charge < -0.3 is 5.32 Å². The molecule has 6 nitrogen and oxygen atoms in total. The number of hydrogen-bond acceptors (Lipinski definition) is 3. The Kier molecular flexibility index (Phi) is 4.90. The molecule has 0 saturated heterocycles. The van der Waals surface area contributed by atoms with Crippen LogP contribution in [-0.2, 0) is 17.9 Å². The lowest BCUT2D eigenvalue weighted by Crippen LogP contribution is -2.26. The maximum absolute atomic E-state index is 12.4. The molecule has 0 aromatic carbocycles. The molecule has 0 fully saturated rings. The molecule has 0 aliphatic rings. The standard InChI is InChI=1S/C15H22ClN5O/c1-6-20-13(7-10(3)18-20)17-15(22)9(2)8-21-12(5)14(16)11(4)19-21/h7,9H,6,8H2,1-5H3,(H,17,22). The molecule has 0 aliphatic carbocycles. The third-order valence-corrected chi connectivity index (χ3v) is 4.19. The minimum absolute atomic E-state index is 0.0572. The van der Waals surface area contributed by atoms with Gasteiger partial charge in [-0.15, -0.1) is 0 Å². The van der Waals surface area contributed by atoms with E-state index in [1.165, 1.54) is 0 Å². The van der Waals surface area contributed by atoms with Crippen LogP contribution in [0.4, 0.5) is 5.82 Å². The fourth-order valence-corrected chi connectivity index (χ4v) is 2.47. The summed E-state index contributed by atoms with van der Waals surface area (Å²) >= 11 is 6.14. The average molecular weight is 324 g/mol.